The minimum Gasteiger partial charge on any atom is -0.449 e. The van der Waals surface area contributed by atoms with Gasteiger partial charge in [0.15, 0.2) is 6.10 Å². The lowest BCUT2D eigenvalue weighted by atomic mass is 10.2. The second-order valence-corrected chi connectivity index (χ2v) is 7.69. The van der Waals surface area contributed by atoms with Crippen LogP contribution in [0.3, 0.4) is 0 Å². The second kappa shape index (κ2) is 8.47. The van der Waals surface area contributed by atoms with Crippen LogP contribution in [0.2, 0.25) is 5.02 Å². The number of halogens is 2. The number of amides is 1. The van der Waals surface area contributed by atoms with Crippen LogP contribution >= 0.6 is 11.6 Å². The summed E-state index contributed by atoms with van der Waals surface area (Å²) in [7, 11) is -2.57. The van der Waals surface area contributed by atoms with Gasteiger partial charge in [-0.25, -0.2) is 22.3 Å². The average molecular weight is 415 g/mol. The van der Waals surface area contributed by atoms with Gasteiger partial charge in [-0.05, 0) is 50.4 Å². The van der Waals surface area contributed by atoms with Gasteiger partial charge in [0.25, 0.3) is 5.91 Å². The number of esters is 1. The number of nitrogens with one attached hydrogen (secondary N) is 2. The molecule has 0 heterocycles. The molecule has 1 amide bonds. The molecule has 0 aromatic heterocycles. The van der Waals surface area contributed by atoms with E-state index in [-0.39, 0.29) is 21.2 Å². The van der Waals surface area contributed by atoms with E-state index in [1.54, 1.807) is 0 Å². The molecule has 2 N–H and O–H groups in total. The third kappa shape index (κ3) is 5.25. The van der Waals surface area contributed by atoms with E-state index in [2.05, 4.69) is 10.0 Å². The first kappa shape index (κ1) is 20.8. The van der Waals surface area contributed by atoms with Crippen LogP contribution in [0.5, 0.6) is 0 Å². The molecule has 0 aliphatic carbocycles. The summed E-state index contributed by atoms with van der Waals surface area (Å²) in [6.07, 6.45) is -1.23. The van der Waals surface area contributed by atoms with Crippen molar-refractivity contribution in [3.63, 3.8) is 0 Å². The Morgan fingerprint density at radius 2 is 1.89 bits per heavy atom. The van der Waals surface area contributed by atoms with E-state index < -0.39 is 33.8 Å². The van der Waals surface area contributed by atoms with Gasteiger partial charge in [-0.3, -0.25) is 4.79 Å². The summed E-state index contributed by atoms with van der Waals surface area (Å²) in [6.45, 7) is 1.31. The monoisotopic (exact) mass is 414 g/mol. The highest BCUT2D eigenvalue weighted by Gasteiger charge is 2.23. The highest BCUT2D eigenvalue weighted by atomic mass is 35.5. The van der Waals surface area contributed by atoms with Crippen LogP contribution in [0.15, 0.2) is 47.4 Å². The summed E-state index contributed by atoms with van der Waals surface area (Å²) in [5, 5.41) is 2.37. The maximum absolute atomic E-state index is 13.2. The molecule has 0 radical (unpaired) electrons. The standard InChI is InChI=1S/C17H16ClFN2O5S/c1-10(16(22)21-12-5-3-4-11(19)8-12)26-17(23)14-9-13(6-7-15(14)18)27(24,25)20-2/h3-10,20H,1-2H3,(H,21,22)/t10-/m1/s1. The minimum absolute atomic E-state index is 0.0345. The Balaban J connectivity index is 2.14. The van der Waals surface area contributed by atoms with Gasteiger partial charge < -0.3 is 10.1 Å². The summed E-state index contributed by atoms with van der Waals surface area (Å²) in [5.74, 6) is -2.20. The van der Waals surface area contributed by atoms with Crippen molar-refractivity contribution in [2.75, 3.05) is 12.4 Å². The van der Waals surface area contributed by atoms with Crippen LogP contribution in [0.4, 0.5) is 10.1 Å². The zero-order chi connectivity index (χ0) is 20.2. The highest BCUT2D eigenvalue weighted by molar-refractivity contribution is 7.89. The van der Waals surface area contributed by atoms with Gasteiger partial charge in [0.2, 0.25) is 10.0 Å². The molecule has 0 aliphatic heterocycles. The van der Waals surface area contributed by atoms with E-state index in [0.717, 1.165) is 12.1 Å². The fraction of sp³-hybridized carbons (Fsp3) is 0.176. The smallest absolute Gasteiger partial charge is 0.340 e. The van der Waals surface area contributed by atoms with Gasteiger partial charge in [-0.2, -0.15) is 0 Å². The quantitative estimate of drug-likeness (QED) is 0.707. The molecule has 27 heavy (non-hydrogen) atoms. The minimum atomic E-state index is -3.79. The van der Waals surface area contributed by atoms with Crippen molar-refractivity contribution in [3.05, 3.63) is 58.9 Å². The van der Waals surface area contributed by atoms with Crippen molar-refractivity contribution in [2.24, 2.45) is 0 Å². The van der Waals surface area contributed by atoms with Crippen molar-refractivity contribution in [1.82, 2.24) is 4.72 Å². The summed E-state index contributed by atoms with van der Waals surface area (Å²) >= 11 is 5.94. The lowest BCUT2D eigenvalue weighted by molar-refractivity contribution is -0.123. The van der Waals surface area contributed by atoms with Gasteiger partial charge in [0.1, 0.15) is 5.82 Å². The fourth-order valence-electron chi connectivity index (χ4n) is 2.03. The number of benzene rings is 2. The Bertz CT molecular complexity index is 981. The third-order valence-corrected chi connectivity index (χ3v) is 5.22. The van der Waals surface area contributed by atoms with E-state index >= 15 is 0 Å². The largest absolute Gasteiger partial charge is 0.449 e. The molecule has 2 aromatic rings. The number of rotatable bonds is 6. The van der Waals surface area contributed by atoms with E-state index in [4.69, 9.17) is 16.3 Å². The van der Waals surface area contributed by atoms with E-state index in [9.17, 15) is 22.4 Å². The molecule has 0 spiro atoms. The number of hydrogen-bond donors (Lipinski definition) is 2. The van der Waals surface area contributed by atoms with Crippen LogP contribution in [0.25, 0.3) is 0 Å². The van der Waals surface area contributed by atoms with E-state index in [0.29, 0.717) is 0 Å². The van der Waals surface area contributed by atoms with Crippen molar-refractivity contribution in [3.8, 4) is 0 Å². The summed E-state index contributed by atoms with van der Waals surface area (Å²) in [5.41, 5.74) is -0.0126. The van der Waals surface area contributed by atoms with Gasteiger partial charge >= 0.3 is 5.97 Å². The van der Waals surface area contributed by atoms with Gasteiger partial charge in [-0.1, -0.05) is 17.7 Å². The van der Waals surface area contributed by atoms with Crippen LogP contribution in [0, 0.1) is 5.82 Å². The lowest BCUT2D eigenvalue weighted by Gasteiger charge is -2.14. The summed E-state index contributed by atoms with van der Waals surface area (Å²) < 4.78 is 44.0. The average Bonchev–Trinajstić information content (AvgIpc) is 2.61. The maximum Gasteiger partial charge on any atom is 0.340 e. The highest BCUT2D eigenvalue weighted by Crippen LogP contribution is 2.22. The first-order valence-corrected chi connectivity index (χ1v) is 9.50. The van der Waals surface area contributed by atoms with Crippen LogP contribution in [-0.2, 0) is 19.6 Å². The molecular formula is C17H16ClFN2O5S. The summed E-state index contributed by atoms with van der Waals surface area (Å²) in [4.78, 5) is 24.2. The zero-order valence-corrected chi connectivity index (χ0v) is 15.9. The maximum atomic E-state index is 13.2. The molecule has 0 unspecified atom stereocenters. The Labute approximate surface area is 160 Å². The topological polar surface area (TPSA) is 102 Å². The van der Waals surface area contributed by atoms with E-state index in [1.165, 1.54) is 44.3 Å². The van der Waals surface area contributed by atoms with Crippen molar-refractivity contribution in [2.45, 2.75) is 17.9 Å². The molecule has 0 saturated carbocycles. The molecule has 0 aliphatic rings. The number of sulfonamides is 1. The molecule has 1 atom stereocenters. The number of ether oxygens (including phenoxy) is 1. The predicted octanol–water partition coefficient (Wildman–Crippen LogP) is 2.57. The normalized spacial score (nSPS) is 12.3. The van der Waals surface area contributed by atoms with E-state index in [1.807, 2.05) is 0 Å². The van der Waals surface area contributed by atoms with Crippen molar-refractivity contribution in [1.29, 1.82) is 0 Å². The molecule has 0 bridgehead atoms. The fourth-order valence-corrected chi connectivity index (χ4v) is 2.98. The Morgan fingerprint density at radius 1 is 1.19 bits per heavy atom. The predicted molar refractivity (Wildman–Crippen MR) is 97.6 cm³/mol. The molecule has 7 nitrogen and oxygen atoms in total. The number of carbonyl (C=O) groups excluding carboxylic acids is 2. The molecular weight excluding hydrogens is 399 g/mol. The van der Waals surface area contributed by atoms with Gasteiger partial charge in [0, 0.05) is 5.69 Å². The Hall–Kier alpha value is -2.49. The Kier molecular flexibility index (Phi) is 6.53. The first-order valence-electron chi connectivity index (χ1n) is 7.64. The Morgan fingerprint density at radius 3 is 2.52 bits per heavy atom. The van der Waals surface area contributed by atoms with Crippen molar-refractivity contribution < 1.29 is 27.1 Å². The van der Waals surface area contributed by atoms with Gasteiger partial charge in [-0.15, -0.1) is 0 Å². The third-order valence-electron chi connectivity index (χ3n) is 3.48. The first-order chi connectivity index (χ1) is 12.6. The van der Waals surface area contributed by atoms with Crippen molar-refractivity contribution >= 4 is 39.2 Å². The SMILES string of the molecule is CNS(=O)(=O)c1ccc(Cl)c(C(=O)O[C@H](C)C(=O)Nc2cccc(F)c2)c1. The molecule has 2 aromatic carbocycles. The number of carbonyl (C=O) groups is 2. The van der Waals surface area contributed by atoms with Crippen LogP contribution in [0.1, 0.15) is 17.3 Å². The van der Waals surface area contributed by atoms with Crippen LogP contribution < -0.4 is 10.0 Å². The number of anilines is 1. The summed E-state index contributed by atoms with van der Waals surface area (Å²) in [6, 6.07) is 8.72. The molecule has 10 heteroatoms. The molecule has 2 rings (SSSR count). The van der Waals surface area contributed by atoms with Gasteiger partial charge in [0.05, 0.1) is 15.5 Å². The number of hydrogen-bond acceptors (Lipinski definition) is 5. The molecule has 0 fully saturated rings. The van der Waals surface area contributed by atoms with Crippen LogP contribution in [-0.4, -0.2) is 33.4 Å². The lowest BCUT2D eigenvalue weighted by Crippen LogP contribution is -2.30. The molecule has 144 valence electrons. The zero-order valence-electron chi connectivity index (χ0n) is 14.3. The molecule has 0 saturated heterocycles. The second-order valence-electron chi connectivity index (χ2n) is 5.40.